The standard InChI is InChI=1S/C45H61N7O5/c1-44(2,3)30-13-15-36(35(46)22-30)50-39(53)16-11-27-19-32(20-27)52(31-9-8-10-31)25-29-21-37(41-40(29)56-45(4,5)57-41)51-18-17-34-42(48-26-49-43(34)51)47-24-28-12-14-33(54-6)23-38(28)55-7/h12-15,17-18,22-23,26-27,29,31-32,37,40-41H,8-11,16,19-21,24-25,46H2,1-7H3,(H,50,53)(H,47,48,49). The van der Waals surface area contributed by atoms with Gasteiger partial charge in [-0.2, -0.15) is 0 Å². The van der Waals surface area contributed by atoms with Crippen molar-refractivity contribution in [3.63, 3.8) is 0 Å². The number of methoxy groups -OCH3 is 2. The number of benzene rings is 2. The molecule has 4 unspecified atom stereocenters. The number of amides is 1. The Labute approximate surface area is 337 Å². The van der Waals surface area contributed by atoms with Crippen LogP contribution >= 0.6 is 0 Å². The molecule has 4 atom stereocenters. The summed E-state index contributed by atoms with van der Waals surface area (Å²) in [6.45, 7) is 12.1. The molecule has 1 saturated heterocycles. The van der Waals surface area contributed by atoms with Gasteiger partial charge in [-0.05, 0) is 99.6 Å². The van der Waals surface area contributed by atoms with Crippen LogP contribution in [0.3, 0.4) is 0 Å². The molecule has 2 aromatic carbocycles. The molecule has 1 aliphatic heterocycles. The highest BCUT2D eigenvalue weighted by Crippen LogP contribution is 2.50. The summed E-state index contributed by atoms with van der Waals surface area (Å²) >= 11 is 0. The molecule has 306 valence electrons. The van der Waals surface area contributed by atoms with E-state index < -0.39 is 5.79 Å². The SMILES string of the molecule is COc1ccc(CNc2ncnc3c2ccn3C2CC(CN(C3CCC3)C3CC(CCC(=O)Nc4ccc(C(C)(C)C)cc4N)C3)C3OC(C)(C)OC32)c(OC)c1. The number of rotatable bonds is 14. The second-order valence-corrected chi connectivity index (χ2v) is 18.3. The third-order valence-corrected chi connectivity index (χ3v) is 13.0. The molecule has 4 N–H and O–H groups in total. The van der Waals surface area contributed by atoms with Crippen molar-refractivity contribution in [1.29, 1.82) is 0 Å². The molecule has 2 aromatic heterocycles. The lowest BCUT2D eigenvalue weighted by atomic mass is 9.74. The Hall–Kier alpha value is -4.39. The monoisotopic (exact) mass is 779 g/mol. The van der Waals surface area contributed by atoms with Crippen LogP contribution in [0.15, 0.2) is 55.0 Å². The minimum atomic E-state index is -0.656. The summed E-state index contributed by atoms with van der Waals surface area (Å²) in [7, 11) is 3.32. The molecular weight excluding hydrogens is 719 g/mol. The van der Waals surface area contributed by atoms with E-state index in [1.165, 1.54) is 19.3 Å². The largest absolute Gasteiger partial charge is 0.497 e. The van der Waals surface area contributed by atoms with Crippen molar-refractivity contribution >= 4 is 34.1 Å². The smallest absolute Gasteiger partial charge is 0.224 e. The lowest BCUT2D eigenvalue weighted by molar-refractivity contribution is -0.162. The summed E-state index contributed by atoms with van der Waals surface area (Å²) in [5.41, 5.74) is 10.7. The molecule has 3 aliphatic carbocycles. The molecule has 4 aliphatic rings. The average molecular weight is 780 g/mol. The Morgan fingerprint density at radius 3 is 2.49 bits per heavy atom. The maximum Gasteiger partial charge on any atom is 0.224 e. The lowest BCUT2D eigenvalue weighted by Crippen LogP contribution is -2.54. The van der Waals surface area contributed by atoms with Gasteiger partial charge in [0.15, 0.2) is 5.79 Å². The van der Waals surface area contributed by atoms with E-state index in [0.717, 1.165) is 71.7 Å². The van der Waals surface area contributed by atoms with Crippen molar-refractivity contribution in [2.45, 2.75) is 134 Å². The number of nitrogens with two attached hydrogens (primary N) is 1. The fourth-order valence-electron chi connectivity index (χ4n) is 9.55. The van der Waals surface area contributed by atoms with Crippen molar-refractivity contribution in [2.75, 3.05) is 37.1 Å². The molecule has 3 heterocycles. The number of carbonyl (C=O) groups excluding carboxylic acids is 1. The number of fused-ring (bicyclic) bond motifs is 2. The van der Waals surface area contributed by atoms with Crippen molar-refractivity contribution < 1.29 is 23.7 Å². The number of aromatic nitrogens is 3. The Bertz CT molecular complexity index is 2070. The number of anilines is 3. The van der Waals surface area contributed by atoms with E-state index in [1.54, 1.807) is 20.5 Å². The predicted molar refractivity (Wildman–Crippen MR) is 224 cm³/mol. The highest BCUT2D eigenvalue weighted by atomic mass is 16.8. The topological polar surface area (TPSA) is 138 Å². The summed E-state index contributed by atoms with van der Waals surface area (Å²) in [5, 5.41) is 7.56. The summed E-state index contributed by atoms with van der Waals surface area (Å²) in [5.74, 6) is 2.54. The van der Waals surface area contributed by atoms with E-state index in [1.807, 2.05) is 44.2 Å². The first-order chi connectivity index (χ1) is 27.3. The number of hydrogen-bond donors (Lipinski definition) is 3. The van der Waals surface area contributed by atoms with E-state index in [2.05, 4.69) is 64.2 Å². The van der Waals surface area contributed by atoms with Gasteiger partial charge in [-0.25, -0.2) is 9.97 Å². The highest BCUT2D eigenvalue weighted by molar-refractivity contribution is 5.94. The van der Waals surface area contributed by atoms with Gasteiger partial charge in [-0.3, -0.25) is 9.69 Å². The Morgan fingerprint density at radius 1 is 1.00 bits per heavy atom. The van der Waals surface area contributed by atoms with E-state index in [0.29, 0.717) is 48.3 Å². The van der Waals surface area contributed by atoms with Gasteiger partial charge in [-0.1, -0.05) is 33.3 Å². The summed E-state index contributed by atoms with van der Waals surface area (Å²) in [6, 6.07) is 15.2. The van der Waals surface area contributed by atoms with Crippen molar-refractivity contribution in [1.82, 2.24) is 19.4 Å². The van der Waals surface area contributed by atoms with Crippen molar-refractivity contribution in [3.8, 4) is 11.5 Å². The molecule has 1 amide bonds. The Balaban J connectivity index is 0.916. The van der Waals surface area contributed by atoms with Crippen LogP contribution in [0.4, 0.5) is 17.2 Å². The maximum absolute atomic E-state index is 13.0. The molecule has 4 aromatic rings. The quantitative estimate of drug-likeness (QED) is 0.108. The van der Waals surface area contributed by atoms with Crippen LogP contribution in [-0.2, 0) is 26.2 Å². The maximum atomic E-state index is 13.0. The second-order valence-electron chi connectivity index (χ2n) is 18.3. The molecule has 0 spiro atoms. The van der Waals surface area contributed by atoms with Crippen LogP contribution in [0.2, 0.25) is 0 Å². The van der Waals surface area contributed by atoms with Gasteiger partial charge >= 0.3 is 0 Å². The number of hydrogen-bond acceptors (Lipinski definition) is 10. The number of ether oxygens (including phenoxy) is 4. The third kappa shape index (κ3) is 8.18. The first-order valence-electron chi connectivity index (χ1n) is 20.9. The minimum absolute atomic E-state index is 0.00327. The van der Waals surface area contributed by atoms with Crippen LogP contribution in [0.25, 0.3) is 11.0 Å². The van der Waals surface area contributed by atoms with Crippen LogP contribution in [0.5, 0.6) is 11.5 Å². The number of carbonyl (C=O) groups is 1. The van der Waals surface area contributed by atoms with Crippen molar-refractivity contribution in [2.24, 2.45) is 11.8 Å². The fraction of sp³-hybridized carbons (Fsp3) is 0.578. The normalized spacial score (nSPS) is 25.5. The molecule has 8 rings (SSSR count). The Kier molecular flexibility index (Phi) is 10.9. The summed E-state index contributed by atoms with van der Waals surface area (Å²) in [6.07, 6.45) is 12.1. The van der Waals surface area contributed by atoms with E-state index in [4.69, 9.17) is 29.7 Å². The number of nitrogens with one attached hydrogen (secondary N) is 2. The molecule has 4 fully saturated rings. The van der Waals surface area contributed by atoms with Gasteiger partial charge in [0, 0.05) is 55.3 Å². The summed E-state index contributed by atoms with van der Waals surface area (Å²) in [4.78, 5) is 25.2. The molecule has 57 heavy (non-hydrogen) atoms. The second kappa shape index (κ2) is 15.8. The zero-order chi connectivity index (χ0) is 40.1. The highest BCUT2D eigenvalue weighted by Gasteiger charge is 2.56. The van der Waals surface area contributed by atoms with E-state index >= 15 is 0 Å². The predicted octanol–water partition coefficient (Wildman–Crippen LogP) is 8.07. The van der Waals surface area contributed by atoms with Gasteiger partial charge in [0.1, 0.15) is 35.4 Å². The van der Waals surface area contributed by atoms with E-state index in [-0.39, 0.29) is 29.6 Å². The van der Waals surface area contributed by atoms with Crippen LogP contribution in [0.1, 0.15) is 103 Å². The first kappa shape index (κ1) is 39.4. The third-order valence-electron chi connectivity index (χ3n) is 13.0. The van der Waals surface area contributed by atoms with Gasteiger partial charge in [0.05, 0.1) is 43.1 Å². The fourth-order valence-corrected chi connectivity index (χ4v) is 9.55. The van der Waals surface area contributed by atoms with Crippen LogP contribution in [-0.4, -0.2) is 76.2 Å². The Morgan fingerprint density at radius 2 is 1.79 bits per heavy atom. The van der Waals surface area contributed by atoms with Gasteiger partial charge in [0.2, 0.25) is 5.91 Å². The molecule has 12 nitrogen and oxygen atoms in total. The van der Waals surface area contributed by atoms with Crippen molar-refractivity contribution in [3.05, 3.63) is 66.1 Å². The zero-order valence-electron chi connectivity index (χ0n) is 34.7. The van der Waals surface area contributed by atoms with Gasteiger partial charge in [0.25, 0.3) is 0 Å². The molecule has 0 radical (unpaired) electrons. The number of nitrogen functional groups attached to an aromatic ring is 1. The average Bonchev–Trinajstić information content (AvgIpc) is 3.80. The van der Waals surface area contributed by atoms with Gasteiger partial charge < -0.3 is 39.9 Å². The minimum Gasteiger partial charge on any atom is -0.497 e. The molecule has 12 heteroatoms. The molecule has 3 saturated carbocycles. The molecular formula is C45H61N7O5. The van der Waals surface area contributed by atoms with Crippen LogP contribution < -0.4 is 25.8 Å². The van der Waals surface area contributed by atoms with Crippen LogP contribution in [0, 0.1) is 11.8 Å². The van der Waals surface area contributed by atoms with Gasteiger partial charge in [-0.15, -0.1) is 0 Å². The number of nitrogens with zero attached hydrogens (tertiary/aromatic N) is 4. The summed E-state index contributed by atoms with van der Waals surface area (Å²) < 4.78 is 26.7. The molecule has 0 bridgehead atoms. The zero-order valence-corrected chi connectivity index (χ0v) is 34.7. The first-order valence-corrected chi connectivity index (χ1v) is 20.9. The lowest BCUT2D eigenvalue weighted by Gasteiger charge is -2.50. The van der Waals surface area contributed by atoms with E-state index in [9.17, 15) is 4.79 Å².